The fraction of sp³-hybridized carbons (Fsp3) is 0.125. The molecule has 0 radical (unpaired) electrons. The summed E-state index contributed by atoms with van der Waals surface area (Å²) in [5.41, 5.74) is 7.18. The zero-order valence-electron chi connectivity index (χ0n) is 12.5. The summed E-state index contributed by atoms with van der Waals surface area (Å²) < 4.78 is 1.92. The summed E-state index contributed by atoms with van der Waals surface area (Å²) in [5.74, 6) is 0.306. The first-order valence-electron chi connectivity index (χ1n) is 7.04. The highest BCUT2D eigenvalue weighted by atomic mass is 32.2. The van der Waals surface area contributed by atoms with E-state index in [0.29, 0.717) is 11.0 Å². The lowest BCUT2D eigenvalue weighted by Gasteiger charge is -2.11. The molecule has 3 rings (SSSR count). The van der Waals surface area contributed by atoms with Crippen molar-refractivity contribution in [1.82, 2.24) is 19.7 Å². The van der Waals surface area contributed by atoms with Crippen LogP contribution in [0.5, 0.6) is 0 Å². The highest BCUT2D eigenvalue weighted by Gasteiger charge is 2.20. The van der Waals surface area contributed by atoms with Crippen LogP contribution in [0, 0.1) is 0 Å². The third kappa shape index (κ3) is 3.24. The van der Waals surface area contributed by atoms with Crippen molar-refractivity contribution in [1.29, 1.82) is 0 Å². The summed E-state index contributed by atoms with van der Waals surface area (Å²) in [6.45, 7) is 1.75. The third-order valence-electron chi connectivity index (χ3n) is 3.27. The van der Waals surface area contributed by atoms with Gasteiger partial charge in [-0.25, -0.2) is 0 Å². The molecular weight excluding hydrogens is 310 g/mol. The van der Waals surface area contributed by atoms with Crippen LogP contribution in [0.3, 0.4) is 0 Å². The molecule has 0 aliphatic carbocycles. The van der Waals surface area contributed by atoms with E-state index in [1.807, 2.05) is 47.0 Å². The number of rotatable bonds is 5. The van der Waals surface area contributed by atoms with E-state index in [4.69, 9.17) is 5.73 Å². The molecule has 0 saturated carbocycles. The first-order chi connectivity index (χ1) is 11.2. The van der Waals surface area contributed by atoms with Gasteiger partial charge in [0.15, 0.2) is 11.0 Å². The van der Waals surface area contributed by atoms with E-state index >= 15 is 0 Å². The van der Waals surface area contributed by atoms with Gasteiger partial charge in [0.2, 0.25) is 5.91 Å². The summed E-state index contributed by atoms with van der Waals surface area (Å²) in [6.07, 6.45) is 3.41. The number of primary amides is 1. The molecule has 0 aliphatic heterocycles. The van der Waals surface area contributed by atoms with Crippen LogP contribution in [0.4, 0.5) is 0 Å². The van der Waals surface area contributed by atoms with Crippen molar-refractivity contribution >= 4 is 17.7 Å². The molecule has 0 bridgehead atoms. The maximum atomic E-state index is 11.4. The fourth-order valence-corrected chi connectivity index (χ4v) is 2.88. The number of hydrogen-bond donors (Lipinski definition) is 1. The number of carbonyl (C=O) groups excluding carboxylic acids is 1. The Balaban J connectivity index is 2.11. The molecule has 1 aromatic carbocycles. The van der Waals surface area contributed by atoms with Crippen molar-refractivity contribution in [2.75, 3.05) is 0 Å². The number of nitrogens with two attached hydrogens (primary N) is 1. The molecule has 0 saturated heterocycles. The zero-order valence-corrected chi connectivity index (χ0v) is 13.3. The number of hydrogen-bond acceptors (Lipinski definition) is 5. The van der Waals surface area contributed by atoms with Crippen LogP contribution in [0.15, 0.2) is 60.0 Å². The predicted molar refractivity (Wildman–Crippen MR) is 89.1 cm³/mol. The molecule has 3 aromatic rings. The molecule has 116 valence electrons. The molecule has 6 nitrogen and oxygen atoms in total. The lowest BCUT2D eigenvalue weighted by Crippen LogP contribution is -2.23. The molecule has 1 unspecified atom stereocenters. The zero-order chi connectivity index (χ0) is 16.2. The molecule has 23 heavy (non-hydrogen) atoms. The molecule has 7 heteroatoms. The molecule has 0 fully saturated rings. The minimum absolute atomic E-state index is 0.386. The van der Waals surface area contributed by atoms with Crippen LogP contribution in [0.1, 0.15) is 6.92 Å². The predicted octanol–water partition coefficient (Wildman–Crippen LogP) is 2.30. The first kappa shape index (κ1) is 15.2. The average molecular weight is 325 g/mol. The Morgan fingerprint density at radius 3 is 2.48 bits per heavy atom. The maximum Gasteiger partial charge on any atom is 0.230 e. The van der Waals surface area contributed by atoms with Crippen LogP contribution in [0.2, 0.25) is 0 Å². The van der Waals surface area contributed by atoms with Gasteiger partial charge in [-0.15, -0.1) is 10.2 Å². The molecule has 2 aromatic heterocycles. The summed E-state index contributed by atoms with van der Waals surface area (Å²) in [7, 11) is 0. The molecule has 2 heterocycles. The Morgan fingerprint density at radius 1 is 1.13 bits per heavy atom. The van der Waals surface area contributed by atoms with Crippen LogP contribution < -0.4 is 5.73 Å². The number of para-hydroxylation sites is 1. The van der Waals surface area contributed by atoms with E-state index in [0.717, 1.165) is 11.3 Å². The van der Waals surface area contributed by atoms with Crippen LogP contribution >= 0.6 is 11.8 Å². The summed E-state index contributed by atoms with van der Waals surface area (Å²) in [5, 5.41) is 8.75. The van der Waals surface area contributed by atoms with Crippen LogP contribution in [-0.2, 0) is 4.79 Å². The Bertz CT molecular complexity index is 804. The van der Waals surface area contributed by atoms with E-state index in [2.05, 4.69) is 15.2 Å². The largest absolute Gasteiger partial charge is 0.369 e. The molecular formula is C16H15N5OS. The number of carbonyl (C=O) groups is 1. The quantitative estimate of drug-likeness (QED) is 0.727. The summed E-state index contributed by atoms with van der Waals surface area (Å²) in [6, 6.07) is 13.5. The minimum atomic E-state index is -0.396. The van der Waals surface area contributed by atoms with Gasteiger partial charge >= 0.3 is 0 Å². The third-order valence-corrected chi connectivity index (χ3v) is 4.33. The summed E-state index contributed by atoms with van der Waals surface area (Å²) >= 11 is 1.29. The Hall–Kier alpha value is -2.67. The number of amides is 1. The van der Waals surface area contributed by atoms with E-state index in [1.54, 1.807) is 19.3 Å². The number of thioether (sulfide) groups is 1. The lowest BCUT2D eigenvalue weighted by molar-refractivity contribution is -0.117. The van der Waals surface area contributed by atoms with Gasteiger partial charge in [0.25, 0.3) is 0 Å². The molecule has 0 spiro atoms. The Labute approximate surface area is 137 Å². The summed E-state index contributed by atoms with van der Waals surface area (Å²) in [4.78, 5) is 15.4. The Morgan fingerprint density at radius 2 is 1.83 bits per heavy atom. The van der Waals surface area contributed by atoms with Gasteiger partial charge in [-0.3, -0.25) is 14.3 Å². The van der Waals surface area contributed by atoms with Crippen LogP contribution in [0.25, 0.3) is 17.1 Å². The molecule has 2 N–H and O–H groups in total. The van der Waals surface area contributed by atoms with E-state index < -0.39 is 5.25 Å². The average Bonchev–Trinajstić information content (AvgIpc) is 3.00. The monoisotopic (exact) mass is 325 g/mol. The van der Waals surface area contributed by atoms with Gasteiger partial charge < -0.3 is 5.73 Å². The highest BCUT2D eigenvalue weighted by Crippen LogP contribution is 2.29. The second kappa shape index (κ2) is 6.62. The van der Waals surface area contributed by atoms with Gasteiger partial charge in [0.05, 0.1) is 5.25 Å². The van der Waals surface area contributed by atoms with Crippen molar-refractivity contribution in [3.63, 3.8) is 0 Å². The number of aromatic nitrogens is 4. The van der Waals surface area contributed by atoms with Crippen molar-refractivity contribution in [2.45, 2.75) is 17.3 Å². The first-order valence-corrected chi connectivity index (χ1v) is 7.92. The number of nitrogens with zero attached hydrogens (tertiary/aromatic N) is 4. The maximum absolute atomic E-state index is 11.4. The smallest absolute Gasteiger partial charge is 0.230 e. The van der Waals surface area contributed by atoms with Crippen LogP contribution in [-0.4, -0.2) is 30.9 Å². The number of pyridine rings is 1. The SMILES string of the molecule is CC(Sc1nnc(-c2ccncc2)n1-c1ccccc1)C(N)=O. The Kier molecular flexibility index (Phi) is 4.38. The van der Waals surface area contributed by atoms with Crippen molar-refractivity contribution in [2.24, 2.45) is 5.73 Å². The lowest BCUT2D eigenvalue weighted by atomic mass is 10.2. The van der Waals surface area contributed by atoms with Crippen molar-refractivity contribution in [3.8, 4) is 17.1 Å². The standard InChI is InChI=1S/C16H15N5OS/c1-11(14(17)22)23-16-20-19-15(12-7-9-18-10-8-12)21(16)13-5-3-2-4-6-13/h2-11H,1H3,(H2,17,22). The number of benzene rings is 1. The van der Waals surface area contributed by atoms with E-state index in [9.17, 15) is 4.79 Å². The van der Waals surface area contributed by atoms with E-state index in [-0.39, 0.29) is 5.91 Å². The normalized spacial score (nSPS) is 12.0. The molecule has 0 aliphatic rings. The van der Waals surface area contributed by atoms with Gasteiger partial charge in [0, 0.05) is 23.6 Å². The molecule has 1 amide bonds. The minimum Gasteiger partial charge on any atom is -0.369 e. The molecule has 1 atom stereocenters. The van der Waals surface area contributed by atoms with Crippen molar-refractivity contribution in [3.05, 3.63) is 54.9 Å². The van der Waals surface area contributed by atoms with Gasteiger partial charge in [-0.1, -0.05) is 30.0 Å². The van der Waals surface area contributed by atoms with Gasteiger partial charge in [-0.2, -0.15) is 0 Å². The fourth-order valence-electron chi connectivity index (χ4n) is 2.06. The van der Waals surface area contributed by atoms with E-state index in [1.165, 1.54) is 11.8 Å². The topological polar surface area (TPSA) is 86.7 Å². The van der Waals surface area contributed by atoms with Gasteiger partial charge in [-0.05, 0) is 31.2 Å². The second-order valence-electron chi connectivity index (χ2n) is 4.88. The highest BCUT2D eigenvalue weighted by molar-refractivity contribution is 8.00. The van der Waals surface area contributed by atoms with Crippen molar-refractivity contribution < 1.29 is 4.79 Å². The second-order valence-corrected chi connectivity index (χ2v) is 6.18. The van der Waals surface area contributed by atoms with Gasteiger partial charge in [0.1, 0.15) is 0 Å².